The van der Waals surface area contributed by atoms with Crippen molar-refractivity contribution in [1.29, 1.82) is 0 Å². The number of nitrogens with one attached hydrogen (secondary N) is 1. The number of halogens is 2. The zero-order valence-corrected chi connectivity index (χ0v) is 10.5. The zero-order chi connectivity index (χ0) is 13.8. The Labute approximate surface area is 109 Å². The van der Waals surface area contributed by atoms with E-state index < -0.39 is 11.6 Å². The van der Waals surface area contributed by atoms with Crippen LogP contribution in [0, 0.1) is 11.6 Å². The van der Waals surface area contributed by atoms with E-state index >= 15 is 0 Å². The predicted octanol–water partition coefficient (Wildman–Crippen LogP) is 2.76. The molecule has 0 saturated heterocycles. The Morgan fingerprint density at radius 1 is 1.16 bits per heavy atom. The van der Waals surface area contributed by atoms with E-state index in [2.05, 4.69) is 5.32 Å². The fourth-order valence-corrected chi connectivity index (χ4v) is 1.74. The third kappa shape index (κ3) is 3.19. The molecule has 0 spiro atoms. The highest BCUT2D eigenvalue weighted by molar-refractivity contribution is 5.41. The number of rotatable bonds is 4. The molecule has 1 heterocycles. The van der Waals surface area contributed by atoms with Crippen molar-refractivity contribution in [3.05, 3.63) is 64.1 Å². The lowest BCUT2D eigenvalue weighted by Gasteiger charge is -2.09. The van der Waals surface area contributed by atoms with Gasteiger partial charge < -0.3 is 9.88 Å². The molecule has 0 radical (unpaired) electrons. The van der Waals surface area contributed by atoms with Gasteiger partial charge in [0.1, 0.15) is 0 Å². The molecule has 2 aromatic rings. The van der Waals surface area contributed by atoms with Gasteiger partial charge in [-0.25, -0.2) is 8.78 Å². The minimum absolute atomic E-state index is 0.0686. The molecule has 1 aromatic heterocycles. The minimum atomic E-state index is -0.863. The van der Waals surface area contributed by atoms with Crippen molar-refractivity contribution in [2.24, 2.45) is 0 Å². The van der Waals surface area contributed by atoms with Crippen molar-refractivity contribution in [3.8, 4) is 0 Å². The van der Waals surface area contributed by atoms with Crippen LogP contribution in [0.4, 0.5) is 14.5 Å². The molecule has 0 unspecified atom stereocenters. The van der Waals surface area contributed by atoms with E-state index in [9.17, 15) is 13.6 Å². The second kappa shape index (κ2) is 5.65. The Bertz CT molecular complexity index is 638. The maximum Gasteiger partial charge on any atom is 0.250 e. The predicted molar refractivity (Wildman–Crippen MR) is 70.1 cm³/mol. The smallest absolute Gasteiger partial charge is 0.250 e. The first-order valence-electron chi connectivity index (χ1n) is 5.98. The van der Waals surface area contributed by atoms with Gasteiger partial charge in [0.05, 0.1) is 5.69 Å². The van der Waals surface area contributed by atoms with Gasteiger partial charge in [0.15, 0.2) is 11.6 Å². The van der Waals surface area contributed by atoms with Gasteiger partial charge in [0.2, 0.25) is 0 Å². The van der Waals surface area contributed by atoms with Crippen LogP contribution in [0.2, 0.25) is 0 Å². The molecular formula is C14H14F2N2O. The highest BCUT2D eigenvalue weighted by atomic mass is 19.2. The zero-order valence-electron chi connectivity index (χ0n) is 10.5. The standard InChI is InChI=1S/C14H14F2N2O/c1-2-18-9-11(4-6-14(18)19)17-8-10-3-5-12(15)13(16)7-10/h3-7,9,17H,2,8H2,1H3. The highest BCUT2D eigenvalue weighted by Crippen LogP contribution is 2.11. The summed E-state index contributed by atoms with van der Waals surface area (Å²) in [5.41, 5.74) is 1.32. The molecule has 0 bridgehead atoms. The van der Waals surface area contributed by atoms with E-state index in [1.807, 2.05) is 6.92 Å². The van der Waals surface area contributed by atoms with E-state index in [1.54, 1.807) is 16.8 Å². The van der Waals surface area contributed by atoms with Crippen molar-refractivity contribution in [1.82, 2.24) is 4.57 Å². The molecule has 19 heavy (non-hydrogen) atoms. The average Bonchev–Trinajstić information content (AvgIpc) is 2.41. The lowest BCUT2D eigenvalue weighted by molar-refractivity contribution is 0.507. The maximum atomic E-state index is 13.0. The van der Waals surface area contributed by atoms with Gasteiger partial charge in [-0.1, -0.05) is 6.07 Å². The number of pyridine rings is 1. The average molecular weight is 264 g/mol. The Kier molecular flexibility index (Phi) is 3.94. The number of benzene rings is 1. The molecule has 1 N–H and O–H groups in total. The van der Waals surface area contributed by atoms with Crippen LogP contribution in [-0.2, 0) is 13.1 Å². The van der Waals surface area contributed by atoms with E-state index in [0.717, 1.165) is 17.8 Å². The normalized spacial score (nSPS) is 10.5. The molecule has 0 saturated carbocycles. The molecule has 100 valence electrons. The molecule has 0 amide bonds. The number of hydrogen-bond donors (Lipinski definition) is 1. The second-order valence-corrected chi connectivity index (χ2v) is 4.14. The molecule has 0 fully saturated rings. The first-order chi connectivity index (χ1) is 9.10. The molecule has 1 aromatic carbocycles. The first kappa shape index (κ1) is 13.3. The minimum Gasteiger partial charge on any atom is -0.380 e. The summed E-state index contributed by atoms with van der Waals surface area (Å²) in [6, 6.07) is 6.89. The summed E-state index contributed by atoms with van der Waals surface area (Å²) in [5, 5.41) is 3.06. The number of anilines is 1. The number of hydrogen-bond acceptors (Lipinski definition) is 2. The van der Waals surface area contributed by atoms with Gasteiger partial charge >= 0.3 is 0 Å². The third-order valence-electron chi connectivity index (χ3n) is 2.80. The molecule has 5 heteroatoms. The topological polar surface area (TPSA) is 34.0 Å². The molecular weight excluding hydrogens is 250 g/mol. The van der Waals surface area contributed by atoms with E-state index in [-0.39, 0.29) is 5.56 Å². The van der Waals surface area contributed by atoms with Gasteiger partial charge in [-0.05, 0) is 30.7 Å². The summed E-state index contributed by atoms with van der Waals surface area (Å²) in [6.07, 6.45) is 1.70. The Balaban J connectivity index is 2.10. The van der Waals surface area contributed by atoms with Crippen LogP contribution in [0.1, 0.15) is 12.5 Å². The van der Waals surface area contributed by atoms with E-state index in [1.165, 1.54) is 12.1 Å². The monoisotopic (exact) mass is 264 g/mol. The number of aryl methyl sites for hydroxylation is 1. The summed E-state index contributed by atoms with van der Waals surface area (Å²) in [6.45, 7) is 2.82. The van der Waals surface area contributed by atoms with Crippen LogP contribution >= 0.6 is 0 Å². The Morgan fingerprint density at radius 3 is 2.63 bits per heavy atom. The molecule has 0 atom stereocenters. The molecule has 0 aliphatic heterocycles. The summed E-state index contributed by atoms with van der Waals surface area (Å²) >= 11 is 0. The number of nitrogens with zero attached hydrogens (tertiary/aromatic N) is 1. The van der Waals surface area contributed by atoms with Crippen molar-refractivity contribution in [2.45, 2.75) is 20.0 Å². The highest BCUT2D eigenvalue weighted by Gasteiger charge is 2.03. The Morgan fingerprint density at radius 2 is 1.95 bits per heavy atom. The summed E-state index contributed by atoms with van der Waals surface area (Å²) < 4.78 is 27.4. The van der Waals surface area contributed by atoms with Crippen LogP contribution in [0.3, 0.4) is 0 Å². The molecule has 0 aliphatic carbocycles. The Hall–Kier alpha value is -2.17. The summed E-state index contributed by atoms with van der Waals surface area (Å²) in [7, 11) is 0. The number of aromatic nitrogens is 1. The van der Waals surface area contributed by atoms with Gasteiger partial charge in [-0.2, -0.15) is 0 Å². The van der Waals surface area contributed by atoms with Crippen LogP contribution in [-0.4, -0.2) is 4.57 Å². The third-order valence-corrected chi connectivity index (χ3v) is 2.80. The second-order valence-electron chi connectivity index (χ2n) is 4.14. The van der Waals surface area contributed by atoms with Crippen LogP contribution in [0.25, 0.3) is 0 Å². The summed E-state index contributed by atoms with van der Waals surface area (Å²) in [5.74, 6) is -1.72. The van der Waals surface area contributed by atoms with Gasteiger partial charge in [-0.15, -0.1) is 0 Å². The van der Waals surface area contributed by atoms with E-state index in [0.29, 0.717) is 18.7 Å². The molecule has 3 nitrogen and oxygen atoms in total. The van der Waals surface area contributed by atoms with Crippen molar-refractivity contribution >= 4 is 5.69 Å². The lowest BCUT2D eigenvalue weighted by Crippen LogP contribution is -2.17. The van der Waals surface area contributed by atoms with Crippen molar-refractivity contribution < 1.29 is 8.78 Å². The SMILES string of the molecule is CCn1cc(NCc2ccc(F)c(F)c2)ccc1=O. The molecule has 2 rings (SSSR count). The van der Waals surface area contributed by atoms with Crippen LogP contribution < -0.4 is 10.9 Å². The largest absolute Gasteiger partial charge is 0.380 e. The van der Waals surface area contributed by atoms with Gasteiger partial charge in [-0.3, -0.25) is 4.79 Å². The van der Waals surface area contributed by atoms with Gasteiger partial charge in [0, 0.05) is 25.4 Å². The molecule has 0 aliphatic rings. The van der Waals surface area contributed by atoms with E-state index in [4.69, 9.17) is 0 Å². The fraction of sp³-hybridized carbons (Fsp3) is 0.214. The first-order valence-corrected chi connectivity index (χ1v) is 5.98. The summed E-state index contributed by atoms with van der Waals surface area (Å²) in [4.78, 5) is 11.4. The van der Waals surface area contributed by atoms with Crippen molar-refractivity contribution in [3.63, 3.8) is 0 Å². The van der Waals surface area contributed by atoms with Crippen molar-refractivity contribution in [2.75, 3.05) is 5.32 Å². The van der Waals surface area contributed by atoms with Gasteiger partial charge in [0.25, 0.3) is 5.56 Å². The fourth-order valence-electron chi connectivity index (χ4n) is 1.74. The van der Waals surface area contributed by atoms with Crippen LogP contribution in [0.15, 0.2) is 41.3 Å². The maximum absolute atomic E-state index is 13.0. The lowest BCUT2D eigenvalue weighted by atomic mass is 10.2. The quantitative estimate of drug-likeness (QED) is 0.921. The van der Waals surface area contributed by atoms with Crippen LogP contribution in [0.5, 0.6) is 0 Å².